The number of non-ortho nitro benzene ring substituents is 1. The van der Waals surface area contributed by atoms with E-state index in [9.17, 15) is 25.0 Å². The van der Waals surface area contributed by atoms with Crippen LogP contribution in [-0.4, -0.2) is 20.9 Å². The zero-order valence-electron chi connectivity index (χ0n) is 11.9. The van der Waals surface area contributed by atoms with Gasteiger partial charge in [0.25, 0.3) is 11.4 Å². The van der Waals surface area contributed by atoms with E-state index in [1.54, 1.807) is 18.2 Å². The third kappa shape index (κ3) is 4.06. The van der Waals surface area contributed by atoms with Crippen LogP contribution in [0.5, 0.6) is 0 Å². The molecule has 24 heavy (non-hydrogen) atoms. The minimum atomic E-state index is -1.11. The summed E-state index contributed by atoms with van der Waals surface area (Å²) in [6.07, 6.45) is 0. The molecule has 1 N–H and O–H groups in total. The molecule has 124 valence electrons. The SMILES string of the molecule is O=C(O)c1ccccc1COSc1ccc([N+](=O)[O-])cc1[N+](=O)[O-]. The molecule has 0 radical (unpaired) electrons. The second-order valence-electron chi connectivity index (χ2n) is 4.47. The first kappa shape index (κ1) is 17.4. The standard InChI is InChI=1S/C14H10N2O7S/c17-14(18)11-4-2-1-3-9(11)8-23-24-13-6-5-10(15(19)20)7-12(13)16(21)22/h1-7H,8H2,(H,17,18). The Balaban J connectivity index is 2.14. The second kappa shape index (κ2) is 7.53. The lowest BCUT2D eigenvalue weighted by molar-refractivity contribution is -0.396. The van der Waals surface area contributed by atoms with Gasteiger partial charge in [-0.3, -0.25) is 20.2 Å². The normalized spacial score (nSPS) is 10.3. The van der Waals surface area contributed by atoms with Crippen LogP contribution in [0, 0.1) is 20.2 Å². The summed E-state index contributed by atoms with van der Waals surface area (Å²) in [4.78, 5) is 31.4. The van der Waals surface area contributed by atoms with Gasteiger partial charge >= 0.3 is 5.97 Å². The van der Waals surface area contributed by atoms with Gasteiger partial charge in [0.1, 0.15) is 4.90 Å². The molecule has 0 heterocycles. The lowest BCUT2D eigenvalue weighted by Gasteiger charge is -2.06. The highest BCUT2D eigenvalue weighted by Gasteiger charge is 2.20. The van der Waals surface area contributed by atoms with Crippen LogP contribution in [0.15, 0.2) is 47.4 Å². The molecule has 9 nitrogen and oxygen atoms in total. The number of nitro groups is 2. The highest BCUT2D eigenvalue weighted by molar-refractivity contribution is 7.94. The van der Waals surface area contributed by atoms with Gasteiger partial charge in [-0.2, -0.15) is 0 Å². The topological polar surface area (TPSA) is 133 Å². The monoisotopic (exact) mass is 350 g/mol. The van der Waals surface area contributed by atoms with Crippen LogP contribution < -0.4 is 0 Å². The molecule has 0 aliphatic carbocycles. The lowest BCUT2D eigenvalue weighted by Crippen LogP contribution is -2.02. The summed E-state index contributed by atoms with van der Waals surface area (Å²) in [5.41, 5.74) is -0.388. The smallest absolute Gasteiger partial charge is 0.336 e. The van der Waals surface area contributed by atoms with Crippen LogP contribution in [0.4, 0.5) is 11.4 Å². The largest absolute Gasteiger partial charge is 0.478 e. The number of nitrogens with zero attached hydrogens (tertiary/aromatic N) is 2. The number of hydrogen-bond donors (Lipinski definition) is 1. The highest BCUT2D eigenvalue weighted by atomic mass is 32.2. The molecule has 0 bridgehead atoms. The zero-order chi connectivity index (χ0) is 17.7. The van der Waals surface area contributed by atoms with E-state index in [1.165, 1.54) is 12.1 Å². The van der Waals surface area contributed by atoms with Crippen molar-refractivity contribution < 1.29 is 23.9 Å². The van der Waals surface area contributed by atoms with Crippen LogP contribution in [0.2, 0.25) is 0 Å². The fraction of sp³-hybridized carbons (Fsp3) is 0.0714. The summed E-state index contributed by atoms with van der Waals surface area (Å²) in [6, 6.07) is 9.38. The van der Waals surface area contributed by atoms with Crippen LogP contribution in [-0.2, 0) is 10.8 Å². The Bertz CT molecular complexity index is 809. The van der Waals surface area contributed by atoms with Crippen LogP contribution in [0.25, 0.3) is 0 Å². The molecule has 0 fully saturated rings. The predicted molar refractivity (Wildman–Crippen MR) is 83.8 cm³/mol. The van der Waals surface area contributed by atoms with Crippen molar-refractivity contribution in [3.63, 3.8) is 0 Å². The van der Waals surface area contributed by atoms with Gasteiger partial charge < -0.3 is 9.29 Å². The van der Waals surface area contributed by atoms with Gasteiger partial charge in [-0.15, -0.1) is 0 Å². The van der Waals surface area contributed by atoms with Gasteiger partial charge in [0.15, 0.2) is 0 Å². The van der Waals surface area contributed by atoms with E-state index < -0.39 is 27.2 Å². The van der Waals surface area contributed by atoms with Crippen molar-refractivity contribution in [2.45, 2.75) is 11.5 Å². The molecule has 0 amide bonds. The zero-order valence-corrected chi connectivity index (χ0v) is 12.8. The molecule has 0 unspecified atom stereocenters. The maximum absolute atomic E-state index is 11.1. The molecule has 2 aromatic carbocycles. The maximum atomic E-state index is 11.1. The molecule has 0 aromatic heterocycles. The molecule has 0 spiro atoms. The third-order valence-corrected chi connectivity index (χ3v) is 3.72. The molecular formula is C14H10N2O7S. The van der Waals surface area contributed by atoms with Crippen molar-refractivity contribution in [2.75, 3.05) is 0 Å². The number of carbonyl (C=O) groups is 1. The van der Waals surface area contributed by atoms with Crippen molar-refractivity contribution >= 4 is 29.4 Å². The molecule has 2 aromatic rings. The van der Waals surface area contributed by atoms with Gasteiger partial charge in [0.2, 0.25) is 0 Å². The summed E-state index contributed by atoms with van der Waals surface area (Å²) in [5.74, 6) is -1.11. The van der Waals surface area contributed by atoms with Gasteiger partial charge in [-0.05, 0) is 17.7 Å². The molecule has 0 aliphatic heterocycles. The fourth-order valence-corrected chi connectivity index (χ4v) is 2.50. The van der Waals surface area contributed by atoms with Crippen LogP contribution in [0.3, 0.4) is 0 Å². The van der Waals surface area contributed by atoms with E-state index in [2.05, 4.69) is 0 Å². The first-order chi connectivity index (χ1) is 11.4. The molecular weight excluding hydrogens is 340 g/mol. The quantitative estimate of drug-likeness (QED) is 0.456. The van der Waals surface area contributed by atoms with E-state index in [0.29, 0.717) is 17.6 Å². The van der Waals surface area contributed by atoms with E-state index in [1.807, 2.05) is 0 Å². The van der Waals surface area contributed by atoms with E-state index >= 15 is 0 Å². The van der Waals surface area contributed by atoms with Crippen molar-refractivity contribution in [2.24, 2.45) is 0 Å². The average Bonchev–Trinajstić information content (AvgIpc) is 2.55. The fourth-order valence-electron chi connectivity index (χ4n) is 1.84. The minimum Gasteiger partial charge on any atom is -0.478 e. The van der Waals surface area contributed by atoms with Gasteiger partial charge in [-0.25, -0.2) is 4.79 Å². The first-order valence-electron chi connectivity index (χ1n) is 6.43. The van der Waals surface area contributed by atoms with Gasteiger partial charge in [-0.1, -0.05) is 18.2 Å². The molecule has 0 atom stereocenters. The Morgan fingerprint density at radius 3 is 2.46 bits per heavy atom. The van der Waals surface area contributed by atoms with Crippen LogP contribution >= 0.6 is 12.0 Å². The number of rotatable bonds is 7. The lowest BCUT2D eigenvalue weighted by atomic mass is 10.1. The summed E-state index contributed by atoms with van der Waals surface area (Å²) < 4.78 is 5.27. The third-order valence-electron chi connectivity index (χ3n) is 2.96. The number of nitro benzene ring substituents is 2. The maximum Gasteiger partial charge on any atom is 0.336 e. The average molecular weight is 350 g/mol. The van der Waals surface area contributed by atoms with Crippen molar-refractivity contribution in [3.8, 4) is 0 Å². The minimum absolute atomic E-state index is 0.0660. The Kier molecular flexibility index (Phi) is 5.45. The Morgan fingerprint density at radius 2 is 1.83 bits per heavy atom. The first-order valence-corrected chi connectivity index (χ1v) is 7.18. The molecule has 0 aliphatic rings. The van der Waals surface area contributed by atoms with Gasteiger partial charge in [0, 0.05) is 18.1 Å². The van der Waals surface area contributed by atoms with Crippen molar-refractivity contribution in [1.82, 2.24) is 0 Å². The number of aromatic carboxylic acids is 1. The van der Waals surface area contributed by atoms with E-state index in [0.717, 1.165) is 12.1 Å². The van der Waals surface area contributed by atoms with Crippen molar-refractivity contribution in [3.05, 3.63) is 73.8 Å². The highest BCUT2D eigenvalue weighted by Crippen LogP contribution is 2.33. The molecule has 0 saturated carbocycles. The molecule has 10 heteroatoms. The number of carboxylic acid groups (broad SMARTS) is 1. The van der Waals surface area contributed by atoms with E-state index in [4.69, 9.17) is 9.29 Å². The summed E-state index contributed by atoms with van der Waals surface area (Å²) in [6.45, 7) is -0.0960. The number of benzene rings is 2. The molecule has 2 rings (SSSR count). The second-order valence-corrected chi connectivity index (χ2v) is 5.32. The Labute approximate surface area is 139 Å². The number of hydrogen-bond acceptors (Lipinski definition) is 7. The van der Waals surface area contributed by atoms with Crippen LogP contribution in [0.1, 0.15) is 15.9 Å². The summed E-state index contributed by atoms with van der Waals surface area (Å²) >= 11 is 0.654. The number of carboxylic acids is 1. The molecule has 0 saturated heterocycles. The predicted octanol–water partition coefficient (Wildman–Crippen LogP) is 3.43. The van der Waals surface area contributed by atoms with Crippen molar-refractivity contribution in [1.29, 1.82) is 0 Å². The summed E-state index contributed by atoms with van der Waals surface area (Å²) in [7, 11) is 0. The van der Waals surface area contributed by atoms with E-state index in [-0.39, 0.29) is 17.1 Å². The van der Waals surface area contributed by atoms with Gasteiger partial charge in [0.05, 0.1) is 28.1 Å². The summed E-state index contributed by atoms with van der Waals surface area (Å²) in [5, 5.41) is 30.8. The Hall–Kier alpha value is -2.98. The Morgan fingerprint density at radius 1 is 1.12 bits per heavy atom.